The molecule has 2 aromatic carbocycles. The Hall–Kier alpha value is -2.86. The maximum absolute atomic E-state index is 12.2. The minimum Gasteiger partial charge on any atom is -0.497 e. The number of rotatable bonds is 7. The molecule has 1 atom stereocenters. The molecule has 0 amide bonds. The first-order valence-electron chi connectivity index (χ1n) is 8.64. The Balaban J connectivity index is 1.65. The van der Waals surface area contributed by atoms with Gasteiger partial charge in [-0.2, -0.15) is 0 Å². The molecule has 0 saturated carbocycles. The van der Waals surface area contributed by atoms with E-state index in [1.807, 2.05) is 31.2 Å². The number of ether oxygens (including phenoxy) is 4. The van der Waals surface area contributed by atoms with Crippen LogP contribution in [0.2, 0.25) is 0 Å². The van der Waals surface area contributed by atoms with Gasteiger partial charge in [-0.25, -0.2) is 0 Å². The van der Waals surface area contributed by atoms with Crippen molar-refractivity contribution in [1.29, 1.82) is 0 Å². The van der Waals surface area contributed by atoms with Crippen LogP contribution < -0.4 is 9.47 Å². The summed E-state index contributed by atoms with van der Waals surface area (Å²) in [5.41, 5.74) is 1.75. The highest BCUT2D eigenvalue weighted by atomic mass is 16.6. The van der Waals surface area contributed by atoms with Crippen LogP contribution in [-0.2, 0) is 31.1 Å². The second-order valence-electron chi connectivity index (χ2n) is 6.56. The van der Waals surface area contributed by atoms with Gasteiger partial charge in [-0.1, -0.05) is 24.3 Å². The first-order valence-corrected chi connectivity index (χ1v) is 8.64. The second kappa shape index (κ2) is 7.80. The van der Waals surface area contributed by atoms with Crippen LogP contribution in [0.5, 0.6) is 11.5 Å². The van der Waals surface area contributed by atoms with Gasteiger partial charge in [-0.15, -0.1) is 0 Å². The van der Waals surface area contributed by atoms with Crippen molar-refractivity contribution in [3.05, 3.63) is 59.2 Å². The molecular formula is C21H22O6. The van der Waals surface area contributed by atoms with Crippen LogP contribution in [0.15, 0.2) is 42.5 Å². The molecule has 0 bridgehead atoms. The molecule has 2 aromatic rings. The zero-order chi connectivity index (χ0) is 19.4. The summed E-state index contributed by atoms with van der Waals surface area (Å²) in [5.74, 6) is 0.409. The highest BCUT2D eigenvalue weighted by Crippen LogP contribution is 2.44. The lowest BCUT2D eigenvalue weighted by Crippen LogP contribution is -2.22. The fourth-order valence-corrected chi connectivity index (χ4v) is 2.81. The monoisotopic (exact) mass is 370 g/mol. The number of carbonyl (C=O) groups excluding carboxylic acids is 2. The summed E-state index contributed by atoms with van der Waals surface area (Å²) in [4.78, 5) is 23.6. The lowest BCUT2D eigenvalue weighted by molar-refractivity contribution is -0.145. The van der Waals surface area contributed by atoms with Crippen molar-refractivity contribution in [2.75, 3.05) is 20.3 Å². The maximum Gasteiger partial charge on any atom is 0.310 e. The van der Waals surface area contributed by atoms with Gasteiger partial charge in [-0.05, 0) is 36.2 Å². The lowest BCUT2D eigenvalue weighted by atomic mass is 9.98. The summed E-state index contributed by atoms with van der Waals surface area (Å²) in [6.45, 7) is 3.73. The molecule has 1 aliphatic heterocycles. The molecule has 1 heterocycles. The molecule has 142 valence electrons. The molecule has 0 spiro atoms. The van der Waals surface area contributed by atoms with Gasteiger partial charge in [0.2, 0.25) is 0 Å². The highest BCUT2D eigenvalue weighted by molar-refractivity contribution is 5.73. The number of methoxy groups -OCH3 is 1. The van der Waals surface area contributed by atoms with Gasteiger partial charge in [0.05, 0.1) is 20.1 Å². The van der Waals surface area contributed by atoms with Crippen LogP contribution in [0, 0.1) is 6.92 Å². The number of carbonyl (C=O) groups is 2. The van der Waals surface area contributed by atoms with E-state index in [9.17, 15) is 9.59 Å². The van der Waals surface area contributed by atoms with Crippen molar-refractivity contribution in [3.8, 4) is 11.5 Å². The lowest BCUT2D eigenvalue weighted by Gasteiger charge is -2.17. The molecule has 0 aromatic heterocycles. The van der Waals surface area contributed by atoms with Crippen molar-refractivity contribution in [3.63, 3.8) is 0 Å². The van der Waals surface area contributed by atoms with E-state index < -0.39 is 11.6 Å². The normalized spacial score (nSPS) is 17.9. The van der Waals surface area contributed by atoms with Crippen LogP contribution in [0.3, 0.4) is 0 Å². The Kier molecular flexibility index (Phi) is 5.46. The molecule has 1 unspecified atom stereocenters. The zero-order valence-electron chi connectivity index (χ0n) is 15.6. The number of hydrogen-bond donors (Lipinski definition) is 0. The Morgan fingerprint density at radius 3 is 2.44 bits per heavy atom. The van der Waals surface area contributed by atoms with Gasteiger partial charge in [0.1, 0.15) is 18.1 Å². The molecule has 1 aliphatic rings. The number of hydrogen-bond acceptors (Lipinski definition) is 6. The average Bonchev–Trinajstić information content (AvgIpc) is 3.41. The van der Waals surface area contributed by atoms with Gasteiger partial charge < -0.3 is 18.9 Å². The van der Waals surface area contributed by atoms with E-state index in [4.69, 9.17) is 18.9 Å². The van der Waals surface area contributed by atoms with Crippen molar-refractivity contribution in [1.82, 2.24) is 0 Å². The Morgan fingerprint density at radius 1 is 1.15 bits per heavy atom. The molecule has 27 heavy (non-hydrogen) atoms. The van der Waals surface area contributed by atoms with E-state index in [1.54, 1.807) is 25.3 Å². The molecule has 1 saturated heterocycles. The molecule has 0 N–H and O–H groups in total. The maximum atomic E-state index is 12.2. The predicted molar refractivity (Wildman–Crippen MR) is 97.8 cm³/mol. The van der Waals surface area contributed by atoms with Gasteiger partial charge in [0.15, 0.2) is 5.60 Å². The van der Waals surface area contributed by atoms with E-state index >= 15 is 0 Å². The van der Waals surface area contributed by atoms with Crippen molar-refractivity contribution < 1.29 is 28.5 Å². The number of esters is 2. The van der Waals surface area contributed by atoms with Gasteiger partial charge >= 0.3 is 11.9 Å². The third-order valence-electron chi connectivity index (χ3n) is 4.35. The summed E-state index contributed by atoms with van der Waals surface area (Å²) in [5, 5.41) is 0. The summed E-state index contributed by atoms with van der Waals surface area (Å²) >= 11 is 0. The van der Waals surface area contributed by atoms with Crippen LogP contribution in [0.1, 0.15) is 23.6 Å². The minimum atomic E-state index is -0.756. The Labute approximate surface area is 158 Å². The van der Waals surface area contributed by atoms with E-state index in [0.29, 0.717) is 17.9 Å². The van der Waals surface area contributed by atoms with Crippen LogP contribution >= 0.6 is 0 Å². The highest BCUT2D eigenvalue weighted by Gasteiger charge is 2.50. The van der Waals surface area contributed by atoms with Crippen LogP contribution in [0.4, 0.5) is 0 Å². The van der Waals surface area contributed by atoms with Crippen LogP contribution in [-0.4, -0.2) is 32.3 Å². The predicted octanol–water partition coefficient (Wildman–Crippen LogP) is 2.94. The van der Waals surface area contributed by atoms with Gasteiger partial charge in [0.25, 0.3) is 0 Å². The van der Waals surface area contributed by atoms with E-state index in [1.165, 1.54) is 6.92 Å². The van der Waals surface area contributed by atoms with Crippen molar-refractivity contribution >= 4 is 11.9 Å². The van der Waals surface area contributed by atoms with E-state index in [2.05, 4.69) is 0 Å². The number of aryl methyl sites for hydroxylation is 1. The molecule has 0 radical (unpaired) electrons. The van der Waals surface area contributed by atoms with E-state index in [-0.39, 0.29) is 19.0 Å². The first-order chi connectivity index (χ1) is 12.9. The number of benzene rings is 2. The Bertz CT molecular complexity index is 836. The first kappa shape index (κ1) is 18.9. The summed E-state index contributed by atoms with van der Waals surface area (Å²) in [6, 6.07) is 12.8. The van der Waals surface area contributed by atoms with Gasteiger partial charge in [-0.3, -0.25) is 9.59 Å². The quantitative estimate of drug-likeness (QED) is 0.424. The Morgan fingerprint density at radius 2 is 1.85 bits per heavy atom. The summed E-state index contributed by atoms with van der Waals surface area (Å²) < 4.78 is 21.4. The molecule has 1 fully saturated rings. The van der Waals surface area contributed by atoms with Crippen LogP contribution in [0.25, 0.3) is 0 Å². The van der Waals surface area contributed by atoms with Crippen molar-refractivity contribution in [2.45, 2.75) is 25.9 Å². The van der Waals surface area contributed by atoms with Gasteiger partial charge in [0, 0.05) is 12.5 Å². The van der Waals surface area contributed by atoms with E-state index in [0.717, 1.165) is 16.9 Å². The zero-order valence-corrected chi connectivity index (χ0v) is 15.6. The topological polar surface area (TPSA) is 74.4 Å². The van der Waals surface area contributed by atoms with Crippen molar-refractivity contribution in [2.24, 2.45) is 0 Å². The molecule has 6 nitrogen and oxygen atoms in total. The largest absolute Gasteiger partial charge is 0.497 e. The molecule has 6 heteroatoms. The fourth-order valence-electron chi connectivity index (χ4n) is 2.81. The molecule has 3 rings (SSSR count). The summed E-state index contributed by atoms with van der Waals surface area (Å²) in [6.07, 6.45) is 0.158. The third-order valence-corrected chi connectivity index (χ3v) is 4.35. The fraction of sp³-hybridized carbons (Fsp3) is 0.333. The molecule has 0 aliphatic carbocycles. The minimum absolute atomic E-state index is 0.0688. The standard InChI is InChI=1S/C21H22O6/c1-14-4-9-18(19(10-14)27-15(2)22)21(13-26-21)12-25-20(23)11-16-5-7-17(24-3)8-6-16/h4-10H,11-13H2,1-3H3. The molecular weight excluding hydrogens is 348 g/mol. The summed E-state index contributed by atoms with van der Waals surface area (Å²) in [7, 11) is 1.59. The average molecular weight is 370 g/mol. The number of epoxide rings is 1. The second-order valence-corrected chi connectivity index (χ2v) is 6.56. The SMILES string of the molecule is COc1ccc(CC(=O)OCC2(c3ccc(C)cc3OC(C)=O)CO2)cc1. The third kappa shape index (κ3) is 4.65. The smallest absolute Gasteiger partial charge is 0.310 e.